The van der Waals surface area contributed by atoms with Crippen LogP contribution in [-0.4, -0.2) is 56.3 Å². The fourth-order valence-electron chi connectivity index (χ4n) is 7.95. The van der Waals surface area contributed by atoms with Gasteiger partial charge in [0.25, 0.3) is 5.91 Å². The molecule has 3 aliphatic carbocycles. The molecule has 1 saturated heterocycles. The molecule has 3 aromatic carbocycles. The van der Waals surface area contributed by atoms with E-state index in [1.807, 2.05) is 36.4 Å². The van der Waals surface area contributed by atoms with Gasteiger partial charge in [0.1, 0.15) is 5.75 Å². The highest BCUT2D eigenvalue weighted by atomic mass is 16.5. The molecule has 206 valence electrons. The number of methoxy groups -OCH3 is 3. The first-order chi connectivity index (χ1) is 19.3. The Kier molecular flexibility index (Phi) is 6.13. The number of nitrogens with zero attached hydrogens (tertiary/aromatic N) is 1. The maximum atomic E-state index is 14.1. The van der Waals surface area contributed by atoms with Crippen molar-refractivity contribution in [3.63, 3.8) is 0 Å². The molecule has 4 unspecified atom stereocenters. The van der Waals surface area contributed by atoms with E-state index in [-0.39, 0.29) is 36.0 Å². The van der Waals surface area contributed by atoms with Gasteiger partial charge in [0, 0.05) is 41.5 Å². The number of carbonyl (C=O) groups is 2. The molecule has 7 rings (SSSR count). The predicted octanol–water partition coefficient (Wildman–Crippen LogP) is 4.92. The zero-order valence-electron chi connectivity index (χ0n) is 23.0. The number of phenols is 1. The molecule has 1 heterocycles. The van der Waals surface area contributed by atoms with Crippen molar-refractivity contribution in [2.75, 3.05) is 34.4 Å². The molecule has 0 radical (unpaired) electrons. The number of phenolic OH excluding ortho intramolecular Hbond substituents is 1. The van der Waals surface area contributed by atoms with Crippen molar-refractivity contribution in [1.82, 2.24) is 4.90 Å². The van der Waals surface area contributed by atoms with Gasteiger partial charge in [0.2, 0.25) is 0 Å². The average Bonchev–Trinajstić information content (AvgIpc) is 3.43. The number of hydrogen-bond acceptors (Lipinski definition) is 6. The summed E-state index contributed by atoms with van der Waals surface area (Å²) in [6.07, 6.45) is 1.53. The van der Waals surface area contributed by atoms with E-state index in [1.54, 1.807) is 30.2 Å². The second kappa shape index (κ2) is 9.44. The van der Waals surface area contributed by atoms with Crippen LogP contribution in [0.25, 0.3) is 5.57 Å². The fraction of sp³-hybridized carbons (Fsp3) is 0.333. The van der Waals surface area contributed by atoms with Crippen LogP contribution in [0.5, 0.6) is 17.2 Å². The van der Waals surface area contributed by atoms with Gasteiger partial charge in [-0.3, -0.25) is 9.59 Å². The van der Waals surface area contributed by atoms with Gasteiger partial charge in [-0.2, -0.15) is 0 Å². The summed E-state index contributed by atoms with van der Waals surface area (Å²) in [5, 5.41) is 10.8. The Morgan fingerprint density at radius 2 is 1.70 bits per heavy atom. The Labute approximate surface area is 234 Å². The minimum atomic E-state index is -0.951. The predicted molar refractivity (Wildman–Crippen MR) is 150 cm³/mol. The van der Waals surface area contributed by atoms with Gasteiger partial charge in [-0.25, -0.2) is 0 Å². The van der Waals surface area contributed by atoms with Gasteiger partial charge >= 0.3 is 5.97 Å². The largest absolute Gasteiger partial charge is 0.504 e. The van der Waals surface area contributed by atoms with E-state index < -0.39 is 10.8 Å². The van der Waals surface area contributed by atoms with Gasteiger partial charge in [-0.1, -0.05) is 55.1 Å². The van der Waals surface area contributed by atoms with E-state index in [2.05, 4.69) is 18.7 Å². The number of benzene rings is 3. The van der Waals surface area contributed by atoms with Crippen molar-refractivity contribution in [3.8, 4) is 17.2 Å². The molecule has 7 heteroatoms. The molecule has 2 bridgehead atoms. The SMILES string of the molecule is C=C(C(=O)N1CC2C3(c4ccc(OC)c(O)c4)CCC(c4ccccc43)C2(C(=O)OC)C1)c1ccccc1OC. The van der Waals surface area contributed by atoms with E-state index in [9.17, 15) is 14.7 Å². The Morgan fingerprint density at radius 1 is 0.975 bits per heavy atom. The van der Waals surface area contributed by atoms with Crippen molar-refractivity contribution in [2.24, 2.45) is 11.3 Å². The molecule has 0 aromatic heterocycles. The third kappa shape index (κ3) is 3.36. The summed E-state index contributed by atoms with van der Waals surface area (Å²) in [5.41, 5.74) is 2.50. The molecule has 2 fully saturated rings. The van der Waals surface area contributed by atoms with Crippen LogP contribution in [0.4, 0.5) is 0 Å². The summed E-state index contributed by atoms with van der Waals surface area (Å²) in [7, 11) is 4.51. The lowest BCUT2D eigenvalue weighted by atomic mass is 9.42. The second-order valence-corrected chi connectivity index (χ2v) is 11.0. The van der Waals surface area contributed by atoms with Gasteiger partial charge in [0.05, 0.1) is 26.7 Å². The fourth-order valence-corrected chi connectivity index (χ4v) is 7.95. The average molecular weight is 540 g/mol. The summed E-state index contributed by atoms with van der Waals surface area (Å²) in [6, 6.07) is 21.0. The molecule has 3 aromatic rings. The number of likely N-dealkylation sites (tertiary alicyclic amines) is 1. The summed E-state index contributed by atoms with van der Waals surface area (Å²) in [5.74, 6) is 0.0656. The van der Waals surface area contributed by atoms with Crippen LogP contribution in [-0.2, 0) is 19.7 Å². The Balaban J connectivity index is 1.52. The second-order valence-electron chi connectivity index (χ2n) is 11.0. The van der Waals surface area contributed by atoms with E-state index in [1.165, 1.54) is 14.2 Å². The summed E-state index contributed by atoms with van der Waals surface area (Å²) < 4.78 is 16.4. The Morgan fingerprint density at radius 3 is 2.42 bits per heavy atom. The molecule has 0 spiro atoms. The zero-order valence-corrected chi connectivity index (χ0v) is 23.0. The summed E-state index contributed by atoms with van der Waals surface area (Å²) in [6.45, 7) is 4.72. The monoisotopic (exact) mass is 539 g/mol. The van der Waals surface area contributed by atoms with E-state index in [0.29, 0.717) is 29.2 Å². The normalized spacial score (nSPS) is 26.0. The molecule has 1 saturated carbocycles. The molecule has 1 amide bonds. The molecule has 4 aliphatic rings. The molecule has 1 aliphatic heterocycles. The van der Waals surface area contributed by atoms with Crippen LogP contribution in [0.1, 0.15) is 41.0 Å². The maximum absolute atomic E-state index is 14.1. The van der Waals surface area contributed by atoms with Gasteiger partial charge in [-0.15, -0.1) is 0 Å². The first-order valence-electron chi connectivity index (χ1n) is 13.5. The van der Waals surface area contributed by atoms with Gasteiger partial charge in [-0.05, 0) is 47.7 Å². The van der Waals surface area contributed by atoms with Crippen molar-refractivity contribution in [1.29, 1.82) is 0 Å². The van der Waals surface area contributed by atoms with Crippen molar-refractivity contribution >= 4 is 17.4 Å². The minimum Gasteiger partial charge on any atom is -0.504 e. The first-order valence-corrected chi connectivity index (χ1v) is 13.5. The smallest absolute Gasteiger partial charge is 0.314 e. The zero-order chi connectivity index (χ0) is 28.2. The number of fused-ring (bicyclic) bond motifs is 1. The number of aromatic hydroxyl groups is 1. The van der Waals surface area contributed by atoms with Gasteiger partial charge < -0.3 is 24.2 Å². The number of esters is 1. The molecule has 40 heavy (non-hydrogen) atoms. The highest BCUT2D eigenvalue weighted by Gasteiger charge is 2.71. The molecular weight excluding hydrogens is 506 g/mol. The Hall–Kier alpha value is -4.26. The highest BCUT2D eigenvalue weighted by Crippen LogP contribution is 2.69. The Bertz CT molecular complexity index is 1530. The maximum Gasteiger partial charge on any atom is 0.314 e. The number of carbonyl (C=O) groups excluding carboxylic acids is 2. The number of amides is 1. The minimum absolute atomic E-state index is 0.0405. The lowest BCUT2D eigenvalue weighted by Crippen LogP contribution is -2.60. The first kappa shape index (κ1) is 26.0. The third-order valence-electron chi connectivity index (χ3n) is 9.58. The molecule has 7 nitrogen and oxygen atoms in total. The van der Waals surface area contributed by atoms with Crippen LogP contribution >= 0.6 is 0 Å². The van der Waals surface area contributed by atoms with E-state index in [0.717, 1.165) is 29.5 Å². The summed E-state index contributed by atoms with van der Waals surface area (Å²) >= 11 is 0. The standard InChI is InChI=1S/C33H33NO6/c1-20(22-9-6-8-12-27(22)38-2)30(36)34-18-29-32(21-13-14-28(39-3)26(35)17-21)16-15-25(23-10-5-7-11-24(23)32)33(29,19-34)31(37)40-4/h5-14,17,25,29,35H,1,15-16,18-19H2,2-4H3. The van der Waals surface area contributed by atoms with Crippen LogP contribution in [0.2, 0.25) is 0 Å². The topological polar surface area (TPSA) is 85.3 Å². The van der Waals surface area contributed by atoms with Crippen molar-refractivity contribution in [2.45, 2.75) is 24.2 Å². The van der Waals surface area contributed by atoms with Crippen LogP contribution in [0.3, 0.4) is 0 Å². The lowest BCUT2D eigenvalue weighted by molar-refractivity contribution is -0.161. The van der Waals surface area contributed by atoms with Crippen molar-refractivity contribution in [3.05, 3.63) is 95.6 Å². The van der Waals surface area contributed by atoms with E-state index >= 15 is 0 Å². The summed E-state index contributed by atoms with van der Waals surface area (Å²) in [4.78, 5) is 29.8. The lowest BCUT2D eigenvalue weighted by Gasteiger charge is -2.59. The number of ether oxygens (including phenoxy) is 3. The van der Waals surface area contributed by atoms with Gasteiger partial charge in [0.15, 0.2) is 11.5 Å². The van der Waals surface area contributed by atoms with Crippen LogP contribution in [0.15, 0.2) is 73.3 Å². The molecular formula is C33H33NO6. The van der Waals surface area contributed by atoms with Crippen LogP contribution in [0, 0.1) is 11.3 Å². The van der Waals surface area contributed by atoms with Crippen LogP contribution < -0.4 is 9.47 Å². The number of para-hydroxylation sites is 1. The van der Waals surface area contributed by atoms with Crippen molar-refractivity contribution < 1.29 is 28.9 Å². The number of hydrogen-bond donors (Lipinski definition) is 1. The third-order valence-corrected chi connectivity index (χ3v) is 9.58. The quantitative estimate of drug-likeness (QED) is 0.354. The molecule has 4 atom stereocenters. The molecule has 1 N–H and O–H groups in total. The highest BCUT2D eigenvalue weighted by molar-refractivity contribution is 6.19. The van der Waals surface area contributed by atoms with E-state index in [4.69, 9.17) is 14.2 Å². The number of rotatable bonds is 6.